The van der Waals surface area contributed by atoms with Crippen molar-refractivity contribution in [3.63, 3.8) is 0 Å². The number of piperidine rings is 1. The Kier molecular flexibility index (Phi) is 17.4. The van der Waals surface area contributed by atoms with Crippen LogP contribution in [0.15, 0.2) is 116 Å². The molecule has 0 unspecified atom stereocenters. The number of pyridine rings is 4. The number of anilines is 5. The average molecular weight is 1020 g/mol. The van der Waals surface area contributed by atoms with Crippen molar-refractivity contribution in [2.45, 2.75) is 77.1 Å². The number of aromatic nitrogens is 4. The molecule has 0 aliphatic carbocycles. The third-order valence-electron chi connectivity index (χ3n) is 12.7. The molecule has 4 N–H and O–H groups in total. The molecule has 2 aromatic carbocycles. The average Bonchev–Trinajstić information content (AvgIpc) is 3.66. The number of ether oxygens (including phenoxy) is 2. The monoisotopic (exact) mass is 1020 g/mol. The molecule has 0 bridgehead atoms. The second kappa shape index (κ2) is 23.9. The number of benzene rings is 2. The van der Waals surface area contributed by atoms with Crippen LogP contribution < -0.4 is 35.6 Å². The van der Waals surface area contributed by atoms with Gasteiger partial charge in [-0.15, -0.1) is 0 Å². The van der Waals surface area contributed by atoms with E-state index in [1.54, 1.807) is 61.8 Å². The minimum absolute atomic E-state index is 0.0169. The third kappa shape index (κ3) is 13.9. The van der Waals surface area contributed by atoms with Gasteiger partial charge < -0.3 is 40.5 Å². The highest BCUT2D eigenvalue weighted by Crippen LogP contribution is 2.44. The van der Waals surface area contributed by atoms with Crippen LogP contribution in [0.3, 0.4) is 0 Å². The Bertz CT molecular complexity index is 2900. The number of fused-ring (bicyclic) bond motifs is 1. The predicted octanol–water partition coefficient (Wildman–Crippen LogP) is 10.5. The van der Waals surface area contributed by atoms with E-state index in [-0.39, 0.29) is 34.3 Å². The van der Waals surface area contributed by atoms with E-state index >= 15 is 0 Å². The molecular formula is C54H59F5N10O5. The van der Waals surface area contributed by atoms with Gasteiger partial charge in [0.25, 0.3) is 11.8 Å². The highest BCUT2D eigenvalue weighted by molar-refractivity contribution is 6.08. The van der Waals surface area contributed by atoms with E-state index in [1.807, 2.05) is 36.4 Å². The van der Waals surface area contributed by atoms with Crippen LogP contribution >= 0.6 is 0 Å². The van der Waals surface area contributed by atoms with Crippen LogP contribution in [0, 0.1) is 5.92 Å². The lowest BCUT2D eigenvalue weighted by Crippen LogP contribution is -2.33. The molecule has 1 fully saturated rings. The Balaban J connectivity index is 0.000000221. The Labute approximate surface area is 426 Å². The fraction of sp³-hybridized carbons (Fsp3) is 0.352. The van der Waals surface area contributed by atoms with E-state index in [9.17, 15) is 36.3 Å². The number of rotatable bonds is 17. The predicted molar refractivity (Wildman–Crippen MR) is 273 cm³/mol. The number of carbonyl (C=O) groups is 3. The van der Waals surface area contributed by atoms with Gasteiger partial charge in [-0.3, -0.25) is 14.4 Å². The number of nitrogens with one attached hydrogen (secondary N) is 4. The van der Waals surface area contributed by atoms with Gasteiger partial charge in [-0.05, 0) is 129 Å². The topological polar surface area (TPSA) is 176 Å². The van der Waals surface area contributed by atoms with Crippen molar-refractivity contribution in [2.24, 2.45) is 5.92 Å². The number of alkyl halides is 5. The Morgan fingerprint density at radius 3 is 1.84 bits per heavy atom. The molecule has 3 amide bonds. The van der Waals surface area contributed by atoms with Crippen molar-refractivity contribution in [1.82, 2.24) is 24.8 Å². The summed E-state index contributed by atoms with van der Waals surface area (Å²) < 4.78 is 75.9. The summed E-state index contributed by atoms with van der Waals surface area (Å²) in [6.45, 7) is 10.0. The van der Waals surface area contributed by atoms with E-state index < -0.39 is 23.6 Å². The van der Waals surface area contributed by atoms with Gasteiger partial charge >= 0.3 is 12.1 Å². The maximum Gasteiger partial charge on any atom is 0.458 e. The van der Waals surface area contributed by atoms with Gasteiger partial charge in [0, 0.05) is 91.5 Å². The van der Waals surface area contributed by atoms with Crippen LogP contribution in [0.5, 0.6) is 11.8 Å². The van der Waals surface area contributed by atoms with E-state index in [2.05, 4.69) is 67.0 Å². The molecule has 74 heavy (non-hydrogen) atoms. The summed E-state index contributed by atoms with van der Waals surface area (Å²) in [5.74, 6) is -3.41. The molecule has 390 valence electrons. The fourth-order valence-electron chi connectivity index (χ4n) is 8.62. The second-order valence-electron chi connectivity index (χ2n) is 18.7. The third-order valence-corrected chi connectivity index (χ3v) is 12.7. The number of halogens is 5. The number of hydrogen-bond acceptors (Lipinski definition) is 12. The maximum absolute atomic E-state index is 13.5. The molecule has 2 aliphatic rings. The molecular weight excluding hydrogens is 964 g/mol. The normalized spacial score (nSPS) is 14.5. The van der Waals surface area contributed by atoms with Crippen LogP contribution in [0.2, 0.25) is 0 Å². The number of likely N-dealkylation sites (tertiary alicyclic amines) is 1. The zero-order valence-electron chi connectivity index (χ0n) is 41.7. The van der Waals surface area contributed by atoms with Crippen LogP contribution in [-0.4, -0.2) is 89.1 Å². The van der Waals surface area contributed by atoms with Gasteiger partial charge in [-0.1, -0.05) is 32.0 Å². The summed E-state index contributed by atoms with van der Waals surface area (Å²) in [5, 5.41) is 11.8. The minimum atomic E-state index is -5.72. The van der Waals surface area contributed by atoms with Crippen LogP contribution in [0.4, 0.5) is 50.6 Å². The van der Waals surface area contributed by atoms with E-state index in [1.165, 1.54) is 25.1 Å². The summed E-state index contributed by atoms with van der Waals surface area (Å²) in [7, 11) is 3.72. The van der Waals surface area contributed by atoms with Crippen molar-refractivity contribution in [2.75, 3.05) is 66.6 Å². The van der Waals surface area contributed by atoms with Gasteiger partial charge in [0.15, 0.2) is 0 Å². The van der Waals surface area contributed by atoms with Gasteiger partial charge in [0.1, 0.15) is 11.6 Å². The fourth-order valence-corrected chi connectivity index (χ4v) is 8.62. The van der Waals surface area contributed by atoms with E-state index in [4.69, 9.17) is 9.47 Å². The summed E-state index contributed by atoms with van der Waals surface area (Å²) in [5.41, 5.74) is 3.62. The summed E-state index contributed by atoms with van der Waals surface area (Å²) in [6, 6.07) is 22.8. The Hall–Kier alpha value is -7.74. The molecule has 8 rings (SSSR count). The lowest BCUT2D eigenvalue weighted by Gasteiger charge is -2.28. The highest BCUT2D eigenvalue weighted by atomic mass is 19.4. The number of carbonyl (C=O) groups excluding carboxylic acids is 3. The molecule has 6 aromatic rings. The molecule has 2 aliphatic heterocycles. The number of nitrogens with zero attached hydrogens (tertiary/aromatic N) is 6. The lowest BCUT2D eigenvalue weighted by molar-refractivity contribution is -0.289. The zero-order chi connectivity index (χ0) is 53.0. The number of methoxy groups -OCH3 is 1. The van der Waals surface area contributed by atoms with E-state index in [0.717, 1.165) is 66.4 Å². The molecule has 4 aromatic heterocycles. The lowest BCUT2D eigenvalue weighted by atomic mass is 9.87. The number of hydrogen-bond donors (Lipinski definition) is 4. The molecule has 15 nitrogen and oxygen atoms in total. The first-order valence-electron chi connectivity index (χ1n) is 24.0. The first kappa shape index (κ1) is 54.0. The van der Waals surface area contributed by atoms with Crippen molar-refractivity contribution in [3.05, 3.63) is 149 Å². The van der Waals surface area contributed by atoms with Crippen molar-refractivity contribution in [3.8, 4) is 11.8 Å². The molecule has 20 heteroatoms. The van der Waals surface area contributed by atoms with Gasteiger partial charge in [-0.25, -0.2) is 19.9 Å². The molecule has 1 saturated heterocycles. The quantitative estimate of drug-likeness (QED) is 0.0503. The number of amides is 3. The Morgan fingerprint density at radius 1 is 0.716 bits per heavy atom. The van der Waals surface area contributed by atoms with Crippen molar-refractivity contribution < 1.29 is 45.8 Å². The van der Waals surface area contributed by atoms with Crippen LogP contribution in [0.25, 0.3) is 0 Å². The molecule has 6 heterocycles. The molecule has 0 atom stereocenters. The van der Waals surface area contributed by atoms with Crippen LogP contribution in [0.1, 0.15) is 89.4 Å². The van der Waals surface area contributed by atoms with Crippen molar-refractivity contribution in [1.29, 1.82) is 0 Å². The van der Waals surface area contributed by atoms with Crippen LogP contribution in [-0.2, 0) is 29.2 Å². The van der Waals surface area contributed by atoms with Gasteiger partial charge in [0.2, 0.25) is 17.7 Å². The minimum Gasteiger partial charge on any atom is -0.481 e. The first-order chi connectivity index (χ1) is 35.3. The second-order valence-corrected chi connectivity index (χ2v) is 18.7. The highest BCUT2D eigenvalue weighted by Gasteiger charge is 2.58. The first-order valence-corrected chi connectivity index (χ1v) is 24.0. The van der Waals surface area contributed by atoms with Crippen molar-refractivity contribution >= 4 is 46.4 Å². The summed E-state index contributed by atoms with van der Waals surface area (Å²) in [6.07, 6.45) is 5.24. The van der Waals surface area contributed by atoms with E-state index in [0.29, 0.717) is 67.2 Å². The Morgan fingerprint density at radius 2 is 1.27 bits per heavy atom. The standard InChI is InChI=1S/C29H32F5N5O2.C25H27N5O3/c1-39-15-11-20(12-16-39)4-3-17-41-25-18-21(10-14-35-25)19-37-26-24(5-2-13-36-26)27(40)38-23-8-6-22(7-9-23)28(30,31)29(32,33)34;1-16(31)30-15-25(2,3)20-8-7-18(13-21(20)30)29-24(32)19-6-5-10-27-23(19)28-14-17-9-11-26-22(12-17)33-4/h2,5-10,13-14,18,20H,3-4,11-12,15-17,19H2,1H3,(H,36,37)(H,38,40);5-13H,14-15H2,1-4H3,(H,27,28)(H,29,32). The zero-order valence-corrected chi connectivity index (χ0v) is 41.7. The van der Waals surface area contributed by atoms with Gasteiger partial charge in [0.05, 0.1) is 24.8 Å². The molecule has 0 radical (unpaired) electrons. The summed E-state index contributed by atoms with van der Waals surface area (Å²) in [4.78, 5) is 59.1. The smallest absolute Gasteiger partial charge is 0.458 e. The SMILES string of the molecule is CN1CCC(CCCOc2cc(CNc3ncccc3C(=O)Nc3ccc(C(F)(F)C(F)(F)F)cc3)ccn2)CC1.COc1cc(CNc2ncccc2C(=O)Nc2ccc3c(c2)N(C(C)=O)CC3(C)C)ccn1. The largest absolute Gasteiger partial charge is 0.481 e. The van der Waals surface area contributed by atoms with Gasteiger partial charge in [-0.2, -0.15) is 22.0 Å². The molecule has 0 saturated carbocycles. The summed E-state index contributed by atoms with van der Waals surface area (Å²) >= 11 is 0. The maximum atomic E-state index is 13.5. The molecule has 0 spiro atoms.